The number of carbonyl (C=O) groups is 2. The van der Waals surface area contributed by atoms with Crippen molar-refractivity contribution in [3.8, 4) is 0 Å². The van der Waals surface area contributed by atoms with Gasteiger partial charge in [-0.05, 0) is 18.2 Å². The van der Waals surface area contributed by atoms with Crippen LogP contribution < -0.4 is 10.2 Å². The Hall–Kier alpha value is -2.25. The number of amides is 2. The molecular formula is C15H14Cl2N4O3. The number of cyclic esters (lactones) is 1. The summed E-state index contributed by atoms with van der Waals surface area (Å²) in [5.74, 6) is 0.254. The highest BCUT2D eigenvalue weighted by Crippen LogP contribution is 2.22. The number of anilines is 1. The van der Waals surface area contributed by atoms with Crippen LogP contribution in [-0.2, 0) is 11.8 Å². The summed E-state index contributed by atoms with van der Waals surface area (Å²) in [6.07, 6.45) is 0.659. The highest BCUT2D eigenvalue weighted by atomic mass is 35.5. The minimum Gasteiger partial charge on any atom is -0.442 e. The fraction of sp³-hybridized carbons (Fsp3) is 0.267. The minimum atomic E-state index is -0.473. The van der Waals surface area contributed by atoms with Crippen LogP contribution in [0.15, 0.2) is 30.5 Å². The number of aromatic nitrogens is 2. The lowest BCUT2D eigenvalue weighted by molar-refractivity contribution is 0.0916. The number of nitrogens with zero attached hydrogens (tertiary/aromatic N) is 3. The lowest BCUT2D eigenvalue weighted by Crippen LogP contribution is -2.35. The van der Waals surface area contributed by atoms with E-state index in [4.69, 9.17) is 27.9 Å². The van der Waals surface area contributed by atoms with Gasteiger partial charge in [0.25, 0.3) is 5.91 Å². The van der Waals surface area contributed by atoms with Crippen molar-refractivity contribution >= 4 is 41.0 Å². The predicted octanol–water partition coefficient (Wildman–Crippen LogP) is 2.48. The Morgan fingerprint density at radius 2 is 2.21 bits per heavy atom. The van der Waals surface area contributed by atoms with E-state index in [0.717, 1.165) is 0 Å². The van der Waals surface area contributed by atoms with Gasteiger partial charge in [0, 0.05) is 18.1 Å². The summed E-state index contributed by atoms with van der Waals surface area (Å²) in [5.41, 5.74) is 0.275. The average molecular weight is 369 g/mol. The Labute approximate surface area is 148 Å². The molecule has 2 aromatic rings. The summed E-state index contributed by atoms with van der Waals surface area (Å²) < 4.78 is 6.84. The van der Waals surface area contributed by atoms with E-state index in [9.17, 15) is 9.59 Å². The van der Waals surface area contributed by atoms with Crippen molar-refractivity contribution in [3.05, 3.63) is 46.1 Å². The average Bonchev–Trinajstić information content (AvgIpc) is 3.12. The fourth-order valence-corrected chi connectivity index (χ4v) is 2.80. The van der Waals surface area contributed by atoms with Crippen LogP contribution in [0.5, 0.6) is 0 Å². The Morgan fingerprint density at radius 3 is 2.92 bits per heavy atom. The molecule has 126 valence electrons. The van der Waals surface area contributed by atoms with Gasteiger partial charge in [0.15, 0.2) is 0 Å². The molecule has 0 radical (unpaired) electrons. The molecule has 0 saturated carbocycles. The number of carbonyl (C=O) groups excluding carboxylic acids is 2. The molecule has 1 aromatic carbocycles. The minimum absolute atomic E-state index is 0.168. The normalized spacial score (nSPS) is 17.0. The molecule has 3 rings (SSSR count). The lowest BCUT2D eigenvalue weighted by Gasteiger charge is -2.13. The van der Waals surface area contributed by atoms with Crippen LogP contribution in [0.3, 0.4) is 0 Å². The van der Waals surface area contributed by atoms with Crippen molar-refractivity contribution in [1.29, 1.82) is 0 Å². The lowest BCUT2D eigenvalue weighted by atomic mass is 10.2. The number of benzene rings is 1. The number of halogens is 2. The standard InChI is InChI=1S/C15H14Cl2N4O3/c1-20-13(4-5-19-20)21-8-10(24-15(21)23)7-18-14(22)11-6-9(16)2-3-12(11)17/h2-6,10H,7-8H2,1H3,(H,18,22). The third-order valence-electron chi connectivity index (χ3n) is 3.61. The second-order valence-electron chi connectivity index (χ2n) is 5.26. The van der Waals surface area contributed by atoms with Crippen LogP contribution >= 0.6 is 23.2 Å². The summed E-state index contributed by atoms with van der Waals surface area (Å²) in [5, 5.41) is 7.44. The highest BCUT2D eigenvalue weighted by molar-refractivity contribution is 6.35. The molecule has 2 heterocycles. The second kappa shape index (κ2) is 6.70. The van der Waals surface area contributed by atoms with Crippen LogP contribution in [0.1, 0.15) is 10.4 Å². The summed E-state index contributed by atoms with van der Waals surface area (Å²) >= 11 is 11.9. The maximum Gasteiger partial charge on any atom is 0.416 e. The maximum atomic E-state index is 12.2. The molecule has 1 atom stereocenters. The zero-order valence-corrected chi connectivity index (χ0v) is 14.2. The molecule has 7 nitrogen and oxygen atoms in total. The molecule has 1 unspecified atom stereocenters. The molecule has 1 N–H and O–H groups in total. The molecule has 2 amide bonds. The molecule has 0 aliphatic carbocycles. The largest absolute Gasteiger partial charge is 0.442 e. The first-order valence-corrected chi connectivity index (χ1v) is 7.90. The number of ether oxygens (including phenoxy) is 1. The second-order valence-corrected chi connectivity index (χ2v) is 6.11. The van der Waals surface area contributed by atoms with Crippen molar-refractivity contribution < 1.29 is 14.3 Å². The quantitative estimate of drug-likeness (QED) is 0.899. The van der Waals surface area contributed by atoms with Crippen molar-refractivity contribution in [2.24, 2.45) is 7.05 Å². The van der Waals surface area contributed by atoms with Gasteiger partial charge in [-0.15, -0.1) is 0 Å². The van der Waals surface area contributed by atoms with E-state index in [-0.39, 0.29) is 18.0 Å². The van der Waals surface area contributed by atoms with Crippen molar-refractivity contribution in [1.82, 2.24) is 15.1 Å². The molecule has 1 saturated heterocycles. The van der Waals surface area contributed by atoms with Gasteiger partial charge in [-0.25, -0.2) is 4.79 Å². The third kappa shape index (κ3) is 3.32. The molecule has 0 bridgehead atoms. The molecule has 0 spiro atoms. The molecule has 1 aromatic heterocycles. The number of rotatable bonds is 4. The van der Waals surface area contributed by atoms with Gasteiger partial charge < -0.3 is 10.1 Å². The summed E-state index contributed by atoms with van der Waals surface area (Å²) in [4.78, 5) is 25.6. The van der Waals surface area contributed by atoms with Gasteiger partial charge in [-0.2, -0.15) is 5.10 Å². The summed E-state index contributed by atoms with van der Waals surface area (Å²) in [6, 6.07) is 6.36. The van der Waals surface area contributed by atoms with E-state index in [2.05, 4.69) is 10.4 Å². The van der Waals surface area contributed by atoms with Crippen LogP contribution in [0.2, 0.25) is 10.0 Å². The molecule has 1 fully saturated rings. The van der Waals surface area contributed by atoms with Crippen LogP contribution in [0.25, 0.3) is 0 Å². The van der Waals surface area contributed by atoms with Crippen molar-refractivity contribution in [2.45, 2.75) is 6.10 Å². The Balaban J connectivity index is 1.62. The number of nitrogens with one attached hydrogen (secondary N) is 1. The van der Waals surface area contributed by atoms with Gasteiger partial charge in [-0.3, -0.25) is 14.4 Å². The number of aryl methyl sites for hydroxylation is 1. The van der Waals surface area contributed by atoms with E-state index in [0.29, 0.717) is 22.4 Å². The topological polar surface area (TPSA) is 76.5 Å². The predicted molar refractivity (Wildman–Crippen MR) is 89.6 cm³/mol. The van der Waals surface area contributed by atoms with E-state index in [1.807, 2.05) is 0 Å². The summed E-state index contributed by atoms with van der Waals surface area (Å²) in [7, 11) is 1.73. The zero-order chi connectivity index (χ0) is 17.3. The Morgan fingerprint density at radius 1 is 1.42 bits per heavy atom. The SMILES string of the molecule is Cn1nccc1N1CC(CNC(=O)c2cc(Cl)ccc2Cl)OC1=O. The van der Waals surface area contributed by atoms with Gasteiger partial charge >= 0.3 is 6.09 Å². The van der Waals surface area contributed by atoms with E-state index >= 15 is 0 Å². The maximum absolute atomic E-state index is 12.2. The van der Waals surface area contributed by atoms with E-state index in [1.54, 1.807) is 36.1 Å². The van der Waals surface area contributed by atoms with Crippen molar-refractivity contribution in [3.63, 3.8) is 0 Å². The first kappa shape index (κ1) is 16.6. The van der Waals surface area contributed by atoms with Crippen LogP contribution in [-0.4, -0.2) is 41.0 Å². The van der Waals surface area contributed by atoms with Crippen LogP contribution in [0.4, 0.5) is 10.6 Å². The highest BCUT2D eigenvalue weighted by Gasteiger charge is 2.34. The zero-order valence-electron chi connectivity index (χ0n) is 12.7. The number of hydrogen-bond donors (Lipinski definition) is 1. The smallest absolute Gasteiger partial charge is 0.416 e. The van der Waals surface area contributed by atoms with Crippen LogP contribution in [0, 0.1) is 0 Å². The van der Waals surface area contributed by atoms with Crippen molar-refractivity contribution in [2.75, 3.05) is 18.0 Å². The van der Waals surface area contributed by atoms with Gasteiger partial charge in [0.05, 0.1) is 29.9 Å². The molecule has 1 aliphatic rings. The number of hydrogen-bond acceptors (Lipinski definition) is 4. The van der Waals surface area contributed by atoms with Gasteiger partial charge in [0.1, 0.15) is 11.9 Å². The van der Waals surface area contributed by atoms with E-state index in [1.165, 1.54) is 11.0 Å². The third-order valence-corrected chi connectivity index (χ3v) is 4.17. The molecule has 9 heteroatoms. The van der Waals surface area contributed by atoms with E-state index < -0.39 is 12.2 Å². The van der Waals surface area contributed by atoms with Gasteiger partial charge in [-0.1, -0.05) is 23.2 Å². The fourth-order valence-electron chi connectivity index (χ4n) is 2.42. The molecular weight excluding hydrogens is 355 g/mol. The molecule has 24 heavy (non-hydrogen) atoms. The Kier molecular flexibility index (Phi) is 4.64. The summed E-state index contributed by atoms with van der Waals surface area (Å²) in [6.45, 7) is 0.490. The Bertz CT molecular complexity index is 793. The first-order valence-electron chi connectivity index (χ1n) is 7.15. The van der Waals surface area contributed by atoms with Gasteiger partial charge in [0.2, 0.25) is 0 Å². The monoisotopic (exact) mass is 368 g/mol. The first-order chi connectivity index (χ1) is 11.5. The molecule has 1 aliphatic heterocycles.